The van der Waals surface area contributed by atoms with Crippen LogP contribution in [0.25, 0.3) is 11.4 Å². The first-order valence-corrected chi connectivity index (χ1v) is 13.7. The number of aryl methyl sites for hydroxylation is 1. The number of rotatable bonds is 7. The zero-order valence-electron chi connectivity index (χ0n) is 23.3. The number of amides is 2. The van der Waals surface area contributed by atoms with Gasteiger partial charge in [-0.15, -0.1) is 0 Å². The number of ether oxygens (including phenoxy) is 1. The van der Waals surface area contributed by atoms with Crippen molar-refractivity contribution in [3.63, 3.8) is 0 Å². The smallest absolute Gasteiger partial charge is 0.319 e. The minimum atomic E-state index is -0.194. The molecule has 3 aromatic rings. The number of benzene rings is 1. The molecule has 10 nitrogen and oxygen atoms in total. The molecule has 1 aromatic carbocycles. The minimum Gasteiger partial charge on any atom is -0.378 e. The van der Waals surface area contributed by atoms with Crippen LogP contribution in [0.1, 0.15) is 50.6 Å². The molecule has 0 spiro atoms. The molecular formula is C29H38N8O2. The zero-order chi connectivity index (χ0) is 27.4. The van der Waals surface area contributed by atoms with Crippen molar-refractivity contribution in [3.8, 4) is 11.4 Å². The number of nitrogens with one attached hydrogen (secondary N) is 2. The van der Waals surface area contributed by atoms with Gasteiger partial charge in [0.2, 0.25) is 0 Å². The van der Waals surface area contributed by atoms with E-state index >= 15 is 0 Å². The van der Waals surface area contributed by atoms with E-state index in [4.69, 9.17) is 14.7 Å². The molecule has 4 heterocycles. The molecule has 1 fully saturated rings. The average Bonchev–Trinajstić information content (AvgIpc) is 3.35. The van der Waals surface area contributed by atoms with Gasteiger partial charge < -0.3 is 25.2 Å². The second-order valence-corrected chi connectivity index (χ2v) is 11.4. The van der Waals surface area contributed by atoms with Crippen LogP contribution in [0.15, 0.2) is 36.7 Å². The summed E-state index contributed by atoms with van der Waals surface area (Å²) in [7, 11) is 0. The lowest BCUT2D eigenvalue weighted by atomic mass is 9.91. The van der Waals surface area contributed by atoms with E-state index in [0.717, 1.165) is 65.8 Å². The van der Waals surface area contributed by atoms with Gasteiger partial charge in [0.25, 0.3) is 0 Å². The molecule has 1 saturated heterocycles. The molecule has 0 radical (unpaired) electrons. The number of carbonyl (C=O) groups excluding carboxylic acids is 1. The molecule has 39 heavy (non-hydrogen) atoms. The van der Waals surface area contributed by atoms with Gasteiger partial charge in [-0.05, 0) is 49.4 Å². The maximum atomic E-state index is 12.3. The quantitative estimate of drug-likeness (QED) is 0.429. The van der Waals surface area contributed by atoms with Gasteiger partial charge in [0.1, 0.15) is 18.0 Å². The van der Waals surface area contributed by atoms with Crippen LogP contribution >= 0.6 is 0 Å². The molecule has 2 N–H and O–H groups in total. The van der Waals surface area contributed by atoms with E-state index in [1.165, 1.54) is 0 Å². The first-order valence-electron chi connectivity index (χ1n) is 13.7. The number of fused-ring (bicyclic) bond motifs is 1. The molecule has 2 amide bonds. The average molecular weight is 531 g/mol. The Bertz CT molecular complexity index is 1300. The fourth-order valence-corrected chi connectivity index (χ4v) is 4.88. The molecule has 10 heteroatoms. The SMILES string of the molecule is Cc1cc(N2Cc3nc(-c4ccc(NC(=O)NCCCC(C)(C)C)cc4)nc(N4CCOCC4)c3C2)ncn1. The van der Waals surface area contributed by atoms with Gasteiger partial charge in [-0.2, -0.15) is 0 Å². The van der Waals surface area contributed by atoms with Crippen LogP contribution in [0.5, 0.6) is 0 Å². The summed E-state index contributed by atoms with van der Waals surface area (Å²) in [5.41, 5.74) is 4.98. The number of hydrogen-bond donors (Lipinski definition) is 2. The second-order valence-electron chi connectivity index (χ2n) is 11.4. The van der Waals surface area contributed by atoms with Crippen LogP contribution in [0.3, 0.4) is 0 Å². The molecule has 2 aliphatic heterocycles. The Labute approximate surface area is 230 Å². The summed E-state index contributed by atoms with van der Waals surface area (Å²) in [4.78, 5) is 35.6. The molecule has 0 saturated carbocycles. The van der Waals surface area contributed by atoms with Crippen molar-refractivity contribution in [2.24, 2.45) is 5.41 Å². The topological polar surface area (TPSA) is 108 Å². The largest absolute Gasteiger partial charge is 0.378 e. The first kappa shape index (κ1) is 26.8. The van der Waals surface area contributed by atoms with E-state index in [9.17, 15) is 4.79 Å². The lowest BCUT2D eigenvalue weighted by Crippen LogP contribution is -2.37. The van der Waals surface area contributed by atoms with Crippen molar-refractivity contribution in [3.05, 3.63) is 53.6 Å². The third-order valence-electron chi connectivity index (χ3n) is 6.97. The summed E-state index contributed by atoms with van der Waals surface area (Å²) in [6, 6.07) is 9.51. The molecule has 2 aromatic heterocycles. The third kappa shape index (κ3) is 6.81. The molecule has 2 aliphatic rings. The number of urea groups is 1. The Hall–Kier alpha value is -3.79. The highest BCUT2D eigenvalue weighted by molar-refractivity contribution is 5.89. The van der Waals surface area contributed by atoms with Gasteiger partial charge >= 0.3 is 6.03 Å². The van der Waals surface area contributed by atoms with E-state index in [-0.39, 0.29) is 11.4 Å². The summed E-state index contributed by atoms with van der Waals surface area (Å²) in [5, 5.41) is 5.86. The van der Waals surface area contributed by atoms with E-state index in [2.05, 4.69) is 51.2 Å². The predicted molar refractivity (Wildman–Crippen MR) is 153 cm³/mol. The lowest BCUT2D eigenvalue weighted by molar-refractivity contribution is 0.122. The second kappa shape index (κ2) is 11.5. The third-order valence-corrected chi connectivity index (χ3v) is 6.97. The highest BCUT2D eigenvalue weighted by atomic mass is 16.5. The summed E-state index contributed by atoms with van der Waals surface area (Å²) >= 11 is 0. The monoisotopic (exact) mass is 530 g/mol. The summed E-state index contributed by atoms with van der Waals surface area (Å²) in [5.74, 6) is 2.53. The summed E-state index contributed by atoms with van der Waals surface area (Å²) in [6.07, 6.45) is 3.62. The Morgan fingerprint density at radius 1 is 1.03 bits per heavy atom. The van der Waals surface area contributed by atoms with Gasteiger partial charge in [0.15, 0.2) is 5.82 Å². The number of nitrogens with zero attached hydrogens (tertiary/aromatic N) is 6. The van der Waals surface area contributed by atoms with Gasteiger partial charge in [-0.1, -0.05) is 20.8 Å². The molecule has 0 aliphatic carbocycles. The number of morpholine rings is 1. The fourth-order valence-electron chi connectivity index (χ4n) is 4.88. The Morgan fingerprint density at radius 3 is 2.51 bits per heavy atom. The van der Waals surface area contributed by atoms with Crippen molar-refractivity contribution < 1.29 is 9.53 Å². The van der Waals surface area contributed by atoms with E-state index in [1.54, 1.807) is 6.33 Å². The van der Waals surface area contributed by atoms with Crippen molar-refractivity contribution >= 4 is 23.4 Å². The van der Waals surface area contributed by atoms with E-state index < -0.39 is 0 Å². The zero-order valence-corrected chi connectivity index (χ0v) is 23.3. The van der Waals surface area contributed by atoms with Gasteiger partial charge in [0.05, 0.1) is 32.0 Å². The van der Waals surface area contributed by atoms with Crippen LogP contribution in [-0.2, 0) is 17.8 Å². The van der Waals surface area contributed by atoms with Gasteiger partial charge in [-0.3, -0.25) is 0 Å². The number of aromatic nitrogens is 4. The van der Waals surface area contributed by atoms with Crippen LogP contribution < -0.4 is 20.4 Å². The number of hydrogen-bond acceptors (Lipinski definition) is 8. The molecule has 0 bridgehead atoms. The van der Waals surface area contributed by atoms with Crippen LogP contribution in [0.4, 0.5) is 22.1 Å². The highest BCUT2D eigenvalue weighted by Crippen LogP contribution is 2.34. The summed E-state index contributed by atoms with van der Waals surface area (Å²) < 4.78 is 5.60. The summed E-state index contributed by atoms with van der Waals surface area (Å²) in [6.45, 7) is 13.6. The lowest BCUT2D eigenvalue weighted by Gasteiger charge is -2.29. The Kier molecular flexibility index (Phi) is 7.92. The van der Waals surface area contributed by atoms with E-state index in [1.807, 2.05) is 37.3 Å². The normalized spacial score (nSPS) is 15.3. The van der Waals surface area contributed by atoms with Gasteiger partial charge in [-0.25, -0.2) is 24.7 Å². The standard InChI is InChI=1S/C29H38N8O2/c1-20-16-25(32-19-31-20)37-17-23-24(18-37)34-26(35-27(23)36-12-14-39-15-13-36)21-6-8-22(9-7-21)33-28(38)30-11-5-10-29(2,3)4/h6-9,16,19H,5,10-15,17-18H2,1-4H3,(H2,30,33,38). The number of carbonyl (C=O) groups is 1. The first-order chi connectivity index (χ1) is 18.7. The maximum Gasteiger partial charge on any atom is 0.319 e. The maximum absolute atomic E-state index is 12.3. The van der Waals surface area contributed by atoms with Crippen molar-refractivity contribution in [1.82, 2.24) is 25.3 Å². The van der Waals surface area contributed by atoms with Gasteiger partial charge in [0, 0.05) is 48.2 Å². The Balaban J connectivity index is 1.32. The van der Waals surface area contributed by atoms with Crippen molar-refractivity contribution in [2.45, 2.75) is 53.6 Å². The van der Waals surface area contributed by atoms with E-state index in [0.29, 0.717) is 38.7 Å². The highest BCUT2D eigenvalue weighted by Gasteiger charge is 2.29. The molecule has 0 unspecified atom stereocenters. The van der Waals surface area contributed by atoms with Crippen LogP contribution in [0.2, 0.25) is 0 Å². The van der Waals surface area contributed by atoms with Crippen molar-refractivity contribution in [1.29, 1.82) is 0 Å². The predicted octanol–water partition coefficient (Wildman–Crippen LogP) is 4.55. The molecule has 5 rings (SSSR count). The van der Waals surface area contributed by atoms with Crippen molar-refractivity contribution in [2.75, 3.05) is 48.0 Å². The number of anilines is 3. The Morgan fingerprint density at radius 2 is 1.79 bits per heavy atom. The van der Waals surface area contributed by atoms with Crippen LogP contribution in [-0.4, -0.2) is 58.8 Å². The molecule has 0 atom stereocenters. The fraction of sp³-hybridized carbons (Fsp3) is 0.483. The molecular weight excluding hydrogens is 492 g/mol. The minimum absolute atomic E-state index is 0.194. The van der Waals surface area contributed by atoms with Crippen LogP contribution in [0, 0.1) is 12.3 Å². The molecule has 206 valence electrons.